The maximum absolute atomic E-state index is 12.6. The molecule has 0 aliphatic rings. The van der Waals surface area contributed by atoms with Gasteiger partial charge in [0.15, 0.2) is 0 Å². The number of nitrogens with one attached hydrogen (secondary N) is 3. The minimum Gasteiger partial charge on any atom is -0.772 e. The summed E-state index contributed by atoms with van der Waals surface area (Å²) in [5.41, 5.74) is 0.191. The molecule has 0 bridgehead atoms. The van der Waals surface area contributed by atoms with E-state index in [9.17, 15) is 23.1 Å². The van der Waals surface area contributed by atoms with E-state index in [0.717, 1.165) is 0 Å². The molecule has 0 saturated heterocycles. The van der Waals surface area contributed by atoms with Crippen molar-refractivity contribution in [3.05, 3.63) is 29.8 Å². The average Bonchev–Trinajstić information content (AvgIpc) is 2.59. The second-order valence-corrected chi connectivity index (χ2v) is 8.89. The summed E-state index contributed by atoms with van der Waals surface area (Å²) >= 11 is -2.19. The molecule has 0 radical (unpaired) electrons. The minimum absolute atomic E-state index is 0.103. The third kappa shape index (κ3) is 10.4. The molecule has 3 N–H and O–H groups in total. The molecule has 30 heavy (non-hydrogen) atoms. The molecule has 168 valence electrons. The Morgan fingerprint density at radius 1 is 1.17 bits per heavy atom. The fourth-order valence-electron chi connectivity index (χ4n) is 2.70. The van der Waals surface area contributed by atoms with Gasteiger partial charge in [0, 0.05) is 18.4 Å². The van der Waals surface area contributed by atoms with Crippen LogP contribution in [0.5, 0.6) is 0 Å². The predicted octanol–water partition coefficient (Wildman–Crippen LogP) is 2.06. The van der Waals surface area contributed by atoms with Gasteiger partial charge in [-0.1, -0.05) is 37.1 Å². The van der Waals surface area contributed by atoms with E-state index < -0.39 is 34.7 Å². The molecular weight excluding hydrogens is 410 g/mol. The second-order valence-electron chi connectivity index (χ2n) is 8.00. The Bertz CT molecular complexity index is 764. The molecule has 10 heteroatoms. The quantitative estimate of drug-likeness (QED) is 0.376. The van der Waals surface area contributed by atoms with E-state index in [1.54, 1.807) is 38.1 Å². The SMILES string of the molecule is CC(=O)OC(C)(C)CNC(=O)[C@H](CC(C)C)NC(=O)Nc1ccc(CS(=O)[O-])cc1. The number of amides is 3. The topological polar surface area (TPSA) is 137 Å². The fraction of sp³-hybridized carbons (Fsp3) is 0.550. The van der Waals surface area contributed by atoms with Crippen LogP contribution < -0.4 is 16.0 Å². The lowest BCUT2D eigenvalue weighted by atomic mass is 10.0. The molecule has 0 aliphatic carbocycles. The third-order valence-corrected chi connectivity index (χ3v) is 4.50. The van der Waals surface area contributed by atoms with Crippen LogP contribution in [0.1, 0.15) is 46.6 Å². The van der Waals surface area contributed by atoms with Crippen molar-refractivity contribution in [1.82, 2.24) is 10.6 Å². The summed E-state index contributed by atoms with van der Waals surface area (Å²) in [5, 5.41) is 7.99. The number of urea groups is 1. The monoisotopic (exact) mass is 440 g/mol. The number of anilines is 1. The summed E-state index contributed by atoms with van der Waals surface area (Å²) in [6.45, 7) is 8.62. The lowest BCUT2D eigenvalue weighted by Gasteiger charge is -2.27. The highest BCUT2D eigenvalue weighted by atomic mass is 32.2. The summed E-state index contributed by atoms with van der Waals surface area (Å²) < 4.78 is 26.6. The van der Waals surface area contributed by atoms with Gasteiger partial charge in [-0.25, -0.2) is 4.79 Å². The number of ether oxygens (including phenoxy) is 1. The van der Waals surface area contributed by atoms with Gasteiger partial charge in [-0.2, -0.15) is 0 Å². The first-order valence-corrected chi connectivity index (χ1v) is 10.8. The zero-order valence-corrected chi connectivity index (χ0v) is 18.8. The molecule has 1 rings (SSSR count). The predicted molar refractivity (Wildman–Crippen MR) is 113 cm³/mol. The first-order chi connectivity index (χ1) is 13.9. The van der Waals surface area contributed by atoms with Crippen LogP contribution in [0.15, 0.2) is 24.3 Å². The Labute approximate surface area is 179 Å². The summed E-state index contributed by atoms with van der Waals surface area (Å²) in [5.74, 6) is -0.785. The number of hydrogen-bond donors (Lipinski definition) is 3. The van der Waals surface area contributed by atoms with Gasteiger partial charge in [0.05, 0.1) is 6.54 Å². The van der Waals surface area contributed by atoms with Crippen molar-refractivity contribution in [2.24, 2.45) is 5.92 Å². The molecule has 0 aromatic heterocycles. The average molecular weight is 441 g/mol. The van der Waals surface area contributed by atoms with Crippen LogP contribution in [0.3, 0.4) is 0 Å². The highest BCUT2D eigenvalue weighted by Gasteiger charge is 2.26. The van der Waals surface area contributed by atoms with Gasteiger partial charge in [0.1, 0.15) is 11.6 Å². The summed E-state index contributed by atoms with van der Waals surface area (Å²) in [7, 11) is 0. The largest absolute Gasteiger partial charge is 0.772 e. The summed E-state index contributed by atoms with van der Waals surface area (Å²) in [6, 6.07) is 5.03. The van der Waals surface area contributed by atoms with E-state index in [-0.39, 0.29) is 24.1 Å². The van der Waals surface area contributed by atoms with Gasteiger partial charge in [0.25, 0.3) is 0 Å². The highest BCUT2D eigenvalue weighted by Crippen LogP contribution is 2.12. The molecule has 0 fully saturated rings. The van der Waals surface area contributed by atoms with Gasteiger partial charge in [-0.05, 0) is 43.9 Å². The van der Waals surface area contributed by atoms with Crippen molar-refractivity contribution in [2.75, 3.05) is 11.9 Å². The molecule has 3 amide bonds. The standard InChI is InChI=1S/C20H31N3O6S/c1-13(2)10-17(18(25)21-12-20(4,5)29-14(3)24)23-19(26)22-16-8-6-15(7-9-16)11-30(27)28/h6-9,13,17H,10-12H2,1-5H3,(H,21,25)(H,27,28)(H2,22,23,26)/p-1/t17-/m0/s1. The molecule has 1 aromatic carbocycles. The van der Waals surface area contributed by atoms with Crippen molar-refractivity contribution in [3.63, 3.8) is 0 Å². The lowest BCUT2D eigenvalue weighted by molar-refractivity contribution is -0.154. The maximum atomic E-state index is 12.6. The van der Waals surface area contributed by atoms with Crippen molar-refractivity contribution in [3.8, 4) is 0 Å². The van der Waals surface area contributed by atoms with Crippen LogP contribution in [-0.2, 0) is 31.2 Å². The second kappa shape index (κ2) is 11.7. The Kier molecular flexibility index (Phi) is 9.94. The van der Waals surface area contributed by atoms with Crippen LogP contribution in [0.4, 0.5) is 10.5 Å². The number of benzene rings is 1. The van der Waals surface area contributed by atoms with Gasteiger partial charge in [0.2, 0.25) is 5.91 Å². The zero-order valence-electron chi connectivity index (χ0n) is 17.9. The third-order valence-electron chi connectivity index (χ3n) is 3.93. The first kappa shape index (κ1) is 25.6. The molecule has 9 nitrogen and oxygen atoms in total. The molecule has 1 unspecified atom stereocenters. The lowest BCUT2D eigenvalue weighted by Crippen LogP contribution is -2.51. The van der Waals surface area contributed by atoms with E-state index in [1.807, 2.05) is 13.8 Å². The van der Waals surface area contributed by atoms with Crippen LogP contribution in [0.25, 0.3) is 0 Å². The summed E-state index contributed by atoms with van der Waals surface area (Å²) in [4.78, 5) is 36.1. The zero-order chi connectivity index (χ0) is 22.9. The minimum atomic E-state index is -2.19. The molecule has 0 heterocycles. The number of carbonyl (C=O) groups excluding carboxylic acids is 3. The Morgan fingerprint density at radius 2 is 1.77 bits per heavy atom. The molecular formula is C20H30N3O6S-. The molecule has 2 atom stereocenters. The van der Waals surface area contributed by atoms with Gasteiger partial charge in [-0.15, -0.1) is 0 Å². The Balaban J connectivity index is 2.69. The van der Waals surface area contributed by atoms with Crippen LogP contribution in [0, 0.1) is 5.92 Å². The van der Waals surface area contributed by atoms with E-state index in [2.05, 4.69) is 16.0 Å². The van der Waals surface area contributed by atoms with Crippen molar-refractivity contribution >= 4 is 34.7 Å². The molecule has 0 aliphatic heterocycles. The van der Waals surface area contributed by atoms with E-state index in [4.69, 9.17) is 4.74 Å². The van der Waals surface area contributed by atoms with Gasteiger partial charge < -0.3 is 25.2 Å². The summed E-state index contributed by atoms with van der Waals surface area (Å²) in [6.07, 6.45) is 0.418. The van der Waals surface area contributed by atoms with Crippen LogP contribution in [0.2, 0.25) is 0 Å². The van der Waals surface area contributed by atoms with Gasteiger partial charge in [-0.3, -0.25) is 13.8 Å². The highest BCUT2D eigenvalue weighted by molar-refractivity contribution is 7.78. The number of hydrogen-bond acceptors (Lipinski definition) is 6. The van der Waals surface area contributed by atoms with Crippen LogP contribution >= 0.6 is 0 Å². The van der Waals surface area contributed by atoms with Crippen molar-refractivity contribution in [2.45, 2.75) is 58.4 Å². The van der Waals surface area contributed by atoms with E-state index in [0.29, 0.717) is 17.7 Å². The number of rotatable bonds is 10. The maximum Gasteiger partial charge on any atom is 0.319 e. The smallest absolute Gasteiger partial charge is 0.319 e. The molecule has 1 aromatic rings. The Hall–Kier alpha value is -2.46. The van der Waals surface area contributed by atoms with Gasteiger partial charge >= 0.3 is 12.0 Å². The van der Waals surface area contributed by atoms with Crippen LogP contribution in [-0.4, -0.2) is 44.9 Å². The number of esters is 1. The van der Waals surface area contributed by atoms with E-state index in [1.165, 1.54) is 6.92 Å². The molecule has 0 saturated carbocycles. The molecule has 0 spiro atoms. The van der Waals surface area contributed by atoms with Crippen molar-refractivity contribution < 1.29 is 27.9 Å². The fourth-order valence-corrected chi connectivity index (χ4v) is 3.16. The van der Waals surface area contributed by atoms with Crippen molar-refractivity contribution in [1.29, 1.82) is 0 Å². The van der Waals surface area contributed by atoms with E-state index >= 15 is 0 Å². The Morgan fingerprint density at radius 3 is 2.27 bits per heavy atom. The first-order valence-electron chi connectivity index (χ1n) is 9.57. The number of carbonyl (C=O) groups is 3. The normalized spacial score (nSPS) is 13.3.